The lowest BCUT2D eigenvalue weighted by molar-refractivity contribution is 0.620. The summed E-state index contributed by atoms with van der Waals surface area (Å²) in [6.45, 7) is 5.12. The van der Waals surface area contributed by atoms with Gasteiger partial charge in [-0.1, -0.05) is 11.6 Å². The van der Waals surface area contributed by atoms with Crippen LogP contribution in [0.2, 0.25) is 5.02 Å². The SMILES string of the molecule is CC(C)n1cc(CCCN)c2cc(Cl)ccc21. The van der Waals surface area contributed by atoms with E-state index in [1.807, 2.05) is 6.07 Å². The van der Waals surface area contributed by atoms with E-state index in [0.29, 0.717) is 6.04 Å². The molecule has 2 N–H and O–H groups in total. The average molecular weight is 251 g/mol. The van der Waals surface area contributed by atoms with Gasteiger partial charge in [0.25, 0.3) is 0 Å². The number of hydrogen-bond donors (Lipinski definition) is 1. The maximum atomic E-state index is 6.08. The first-order valence-corrected chi connectivity index (χ1v) is 6.50. The third-order valence-electron chi connectivity index (χ3n) is 3.08. The summed E-state index contributed by atoms with van der Waals surface area (Å²) in [6.07, 6.45) is 4.28. The first-order chi connectivity index (χ1) is 8.13. The second-order valence-corrected chi connectivity index (χ2v) is 5.15. The Morgan fingerprint density at radius 3 is 2.76 bits per heavy atom. The van der Waals surface area contributed by atoms with E-state index in [2.05, 4.69) is 36.7 Å². The number of fused-ring (bicyclic) bond motifs is 1. The lowest BCUT2D eigenvalue weighted by Gasteiger charge is -2.08. The first-order valence-electron chi connectivity index (χ1n) is 6.12. The van der Waals surface area contributed by atoms with Crippen molar-refractivity contribution in [2.75, 3.05) is 6.54 Å². The van der Waals surface area contributed by atoms with E-state index >= 15 is 0 Å². The molecule has 0 unspecified atom stereocenters. The molecule has 0 amide bonds. The fourth-order valence-corrected chi connectivity index (χ4v) is 2.39. The Morgan fingerprint density at radius 2 is 2.12 bits per heavy atom. The van der Waals surface area contributed by atoms with Crippen LogP contribution < -0.4 is 5.73 Å². The summed E-state index contributed by atoms with van der Waals surface area (Å²) >= 11 is 6.08. The standard InChI is InChI=1S/C14H19ClN2/c1-10(2)17-9-11(4-3-7-16)13-8-12(15)5-6-14(13)17/h5-6,8-10H,3-4,7,16H2,1-2H3. The minimum Gasteiger partial charge on any atom is -0.345 e. The molecule has 92 valence electrons. The number of nitrogens with two attached hydrogens (primary N) is 1. The maximum Gasteiger partial charge on any atom is 0.0486 e. The van der Waals surface area contributed by atoms with E-state index < -0.39 is 0 Å². The van der Waals surface area contributed by atoms with Crippen LogP contribution in [0.15, 0.2) is 24.4 Å². The zero-order chi connectivity index (χ0) is 12.4. The molecule has 1 aromatic carbocycles. The first kappa shape index (κ1) is 12.5. The highest BCUT2D eigenvalue weighted by molar-refractivity contribution is 6.31. The Bertz CT molecular complexity index is 514. The van der Waals surface area contributed by atoms with E-state index in [-0.39, 0.29) is 0 Å². The zero-order valence-electron chi connectivity index (χ0n) is 10.4. The number of aryl methyl sites for hydroxylation is 1. The summed E-state index contributed by atoms with van der Waals surface area (Å²) in [7, 11) is 0. The van der Waals surface area contributed by atoms with Gasteiger partial charge in [0.2, 0.25) is 0 Å². The van der Waals surface area contributed by atoms with Crippen molar-refractivity contribution in [2.24, 2.45) is 5.73 Å². The maximum absolute atomic E-state index is 6.08. The van der Waals surface area contributed by atoms with Crippen LogP contribution in [0.3, 0.4) is 0 Å². The Morgan fingerprint density at radius 1 is 1.35 bits per heavy atom. The normalized spacial score (nSPS) is 11.6. The summed E-state index contributed by atoms with van der Waals surface area (Å²) in [4.78, 5) is 0. The quantitative estimate of drug-likeness (QED) is 0.880. The molecule has 3 heteroatoms. The van der Waals surface area contributed by atoms with Gasteiger partial charge < -0.3 is 10.3 Å². The summed E-state index contributed by atoms with van der Waals surface area (Å²) in [5, 5.41) is 2.06. The molecular weight excluding hydrogens is 232 g/mol. The van der Waals surface area contributed by atoms with Crippen molar-refractivity contribution in [3.8, 4) is 0 Å². The van der Waals surface area contributed by atoms with Crippen molar-refractivity contribution >= 4 is 22.5 Å². The lowest BCUT2D eigenvalue weighted by atomic mass is 10.1. The molecular formula is C14H19ClN2. The van der Waals surface area contributed by atoms with Gasteiger partial charge in [0.05, 0.1) is 0 Å². The Labute approximate surface area is 107 Å². The van der Waals surface area contributed by atoms with E-state index in [1.165, 1.54) is 16.5 Å². The molecule has 2 aromatic rings. The van der Waals surface area contributed by atoms with Crippen LogP contribution in [0.1, 0.15) is 31.9 Å². The van der Waals surface area contributed by atoms with Crippen LogP contribution in [0.4, 0.5) is 0 Å². The topological polar surface area (TPSA) is 30.9 Å². The van der Waals surface area contributed by atoms with Gasteiger partial charge in [0, 0.05) is 28.2 Å². The van der Waals surface area contributed by atoms with E-state index in [4.69, 9.17) is 17.3 Å². The molecule has 0 saturated carbocycles. The molecule has 1 heterocycles. The van der Waals surface area contributed by atoms with Gasteiger partial charge in [-0.2, -0.15) is 0 Å². The Hall–Kier alpha value is -0.990. The predicted octanol–water partition coefficient (Wildman–Crippen LogP) is 3.77. The summed E-state index contributed by atoms with van der Waals surface area (Å²) in [5.41, 5.74) is 8.19. The van der Waals surface area contributed by atoms with Gasteiger partial charge in [0.1, 0.15) is 0 Å². The van der Waals surface area contributed by atoms with Crippen molar-refractivity contribution in [1.29, 1.82) is 0 Å². The molecule has 0 atom stereocenters. The van der Waals surface area contributed by atoms with Gasteiger partial charge in [-0.3, -0.25) is 0 Å². The van der Waals surface area contributed by atoms with E-state index in [9.17, 15) is 0 Å². The van der Waals surface area contributed by atoms with Crippen molar-refractivity contribution in [1.82, 2.24) is 4.57 Å². The van der Waals surface area contributed by atoms with Crippen LogP contribution >= 0.6 is 11.6 Å². The molecule has 0 aliphatic carbocycles. The molecule has 0 saturated heterocycles. The number of halogens is 1. The molecule has 0 radical (unpaired) electrons. The second-order valence-electron chi connectivity index (χ2n) is 4.71. The number of nitrogens with zero attached hydrogens (tertiary/aromatic N) is 1. The van der Waals surface area contributed by atoms with Crippen LogP contribution in [0.5, 0.6) is 0 Å². The van der Waals surface area contributed by atoms with Crippen molar-refractivity contribution in [2.45, 2.75) is 32.7 Å². The summed E-state index contributed by atoms with van der Waals surface area (Å²) in [6, 6.07) is 6.58. The Kier molecular flexibility index (Phi) is 3.75. The summed E-state index contributed by atoms with van der Waals surface area (Å²) in [5.74, 6) is 0. The van der Waals surface area contributed by atoms with Crippen molar-refractivity contribution < 1.29 is 0 Å². The molecule has 17 heavy (non-hydrogen) atoms. The fourth-order valence-electron chi connectivity index (χ4n) is 2.22. The second kappa shape index (κ2) is 5.11. The minimum absolute atomic E-state index is 0.463. The van der Waals surface area contributed by atoms with Crippen LogP contribution in [0.25, 0.3) is 10.9 Å². The third-order valence-corrected chi connectivity index (χ3v) is 3.32. The van der Waals surface area contributed by atoms with E-state index in [1.54, 1.807) is 0 Å². The van der Waals surface area contributed by atoms with Gasteiger partial charge in [0.15, 0.2) is 0 Å². The summed E-state index contributed by atoms with van der Waals surface area (Å²) < 4.78 is 2.30. The molecule has 2 nitrogen and oxygen atoms in total. The number of aromatic nitrogens is 1. The largest absolute Gasteiger partial charge is 0.345 e. The highest BCUT2D eigenvalue weighted by atomic mass is 35.5. The number of rotatable bonds is 4. The Balaban J connectivity index is 2.54. The zero-order valence-corrected chi connectivity index (χ0v) is 11.2. The molecule has 0 bridgehead atoms. The number of benzene rings is 1. The van der Waals surface area contributed by atoms with Crippen molar-refractivity contribution in [3.63, 3.8) is 0 Å². The third kappa shape index (κ3) is 2.48. The molecule has 0 spiro atoms. The van der Waals surface area contributed by atoms with Gasteiger partial charge in [-0.15, -0.1) is 0 Å². The molecule has 1 aromatic heterocycles. The van der Waals surface area contributed by atoms with Gasteiger partial charge >= 0.3 is 0 Å². The molecule has 0 fully saturated rings. The molecule has 0 aliphatic heterocycles. The smallest absolute Gasteiger partial charge is 0.0486 e. The van der Waals surface area contributed by atoms with Crippen LogP contribution in [-0.2, 0) is 6.42 Å². The predicted molar refractivity (Wildman–Crippen MR) is 74.7 cm³/mol. The minimum atomic E-state index is 0.463. The van der Waals surface area contributed by atoms with Crippen LogP contribution in [-0.4, -0.2) is 11.1 Å². The van der Waals surface area contributed by atoms with Crippen LogP contribution in [0, 0.1) is 0 Å². The molecule has 2 rings (SSSR count). The van der Waals surface area contributed by atoms with E-state index in [0.717, 1.165) is 24.4 Å². The average Bonchev–Trinajstić information content (AvgIpc) is 2.64. The fraction of sp³-hybridized carbons (Fsp3) is 0.429. The lowest BCUT2D eigenvalue weighted by Crippen LogP contribution is -2.00. The monoisotopic (exact) mass is 250 g/mol. The van der Waals surface area contributed by atoms with Crippen molar-refractivity contribution in [3.05, 3.63) is 35.0 Å². The highest BCUT2D eigenvalue weighted by Gasteiger charge is 2.10. The highest BCUT2D eigenvalue weighted by Crippen LogP contribution is 2.28. The molecule has 0 aliphatic rings. The number of hydrogen-bond acceptors (Lipinski definition) is 1. The van der Waals surface area contributed by atoms with Gasteiger partial charge in [-0.05, 0) is 57.0 Å². The van der Waals surface area contributed by atoms with Gasteiger partial charge in [-0.25, -0.2) is 0 Å².